The molecule has 1 atom stereocenters. The van der Waals surface area contributed by atoms with Crippen LogP contribution in [-0.4, -0.2) is 51.5 Å². The number of rotatable bonds is 6. The number of phenolic OH excluding ortho intramolecular Hbond substituents is 1. The number of hydrogen-bond donors (Lipinski definition) is 2. The maximum absolute atomic E-state index is 13.2. The average Bonchev–Trinajstić information content (AvgIpc) is 3.18. The third-order valence-corrected chi connectivity index (χ3v) is 5.81. The molecule has 2 aromatic carbocycles. The van der Waals surface area contributed by atoms with Gasteiger partial charge in [-0.2, -0.15) is 0 Å². The van der Waals surface area contributed by atoms with E-state index in [4.69, 9.17) is 0 Å². The summed E-state index contributed by atoms with van der Waals surface area (Å²) in [6.45, 7) is 8.77. The van der Waals surface area contributed by atoms with Crippen LogP contribution in [0.1, 0.15) is 31.3 Å². The highest BCUT2D eigenvalue weighted by Gasteiger charge is 2.35. The molecule has 8 heteroatoms. The molecule has 7 nitrogen and oxygen atoms in total. The number of piperazine rings is 1. The van der Waals surface area contributed by atoms with Gasteiger partial charge in [-0.3, -0.25) is 0 Å². The van der Waals surface area contributed by atoms with E-state index in [2.05, 4.69) is 34.3 Å². The highest BCUT2D eigenvalue weighted by atomic mass is 19.1. The fourth-order valence-corrected chi connectivity index (χ4v) is 4.29. The monoisotopic (exact) mass is 411 g/mol. The SMILES string of the molecule is CC(C)[C@@H](c1nnnn1Cc1ccc(F)cc1)[NH+]1CCN(c2ccc(O)cc2)CC1. The van der Waals surface area contributed by atoms with Gasteiger partial charge in [0.05, 0.1) is 32.7 Å². The molecular formula is C22H28FN6O+. The average molecular weight is 412 g/mol. The minimum absolute atomic E-state index is 0.183. The molecule has 1 aliphatic rings. The van der Waals surface area contributed by atoms with Crippen molar-refractivity contribution in [1.82, 2.24) is 20.2 Å². The van der Waals surface area contributed by atoms with Gasteiger partial charge in [-0.05, 0) is 52.4 Å². The molecule has 0 saturated carbocycles. The minimum Gasteiger partial charge on any atom is -0.508 e. The van der Waals surface area contributed by atoms with Crippen LogP contribution in [0.3, 0.4) is 0 Å². The van der Waals surface area contributed by atoms with Gasteiger partial charge < -0.3 is 14.9 Å². The second-order valence-corrected chi connectivity index (χ2v) is 8.20. The molecule has 0 bridgehead atoms. The Hall–Kier alpha value is -3.00. The number of halogens is 1. The highest BCUT2D eigenvalue weighted by molar-refractivity contribution is 5.48. The molecule has 0 amide bonds. The Morgan fingerprint density at radius 3 is 2.33 bits per heavy atom. The summed E-state index contributed by atoms with van der Waals surface area (Å²) in [7, 11) is 0. The molecule has 30 heavy (non-hydrogen) atoms. The van der Waals surface area contributed by atoms with Crippen molar-refractivity contribution >= 4 is 5.69 Å². The molecule has 0 unspecified atom stereocenters. The lowest BCUT2D eigenvalue weighted by molar-refractivity contribution is -0.937. The number of quaternary nitrogens is 1. The third-order valence-electron chi connectivity index (χ3n) is 5.81. The zero-order chi connectivity index (χ0) is 21.1. The summed E-state index contributed by atoms with van der Waals surface area (Å²) >= 11 is 0. The van der Waals surface area contributed by atoms with Crippen LogP contribution in [0.4, 0.5) is 10.1 Å². The zero-order valence-electron chi connectivity index (χ0n) is 17.4. The van der Waals surface area contributed by atoms with Crippen molar-refractivity contribution in [2.75, 3.05) is 31.1 Å². The van der Waals surface area contributed by atoms with Crippen molar-refractivity contribution in [3.05, 3.63) is 65.7 Å². The predicted molar refractivity (Wildman–Crippen MR) is 112 cm³/mol. The van der Waals surface area contributed by atoms with Crippen LogP contribution in [0.25, 0.3) is 0 Å². The number of nitrogens with zero attached hydrogens (tertiary/aromatic N) is 5. The van der Waals surface area contributed by atoms with Gasteiger partial charge in [-0.25, -0.2) is 9.07 Å². The normalized spacial score (nSPS) is 16.2. The summed E-state index contributed by atoms with van der Waals surface area (Å²) in [5.74, 6) is 1.29. The summed E-state index contributed by atoms with van der Waals surface area (Å²) in [4.78, 5) is 3.82. The van der Waals surface area contributed by atoms with Gasteiger partial charge >= 0.3 is 0 Å². The standard InChI is InChI=1S/C22H27FN6O/c1-16(2)21(22-24-25-26-29(22)15-17-3-5-18(23)6-4-17)28-13-11-27(12-14-28)19-7-9-20(30)10-8-19/h3-10,16,21,30H,11-15H2,1-2H3/p+1/t21-/m0/s1. The lowest BCUT2D eigenvalue weighted by Gasteiger charge is -2.38. The minimum atomic E-state index is -0.244. The van der Waals surface area contributed by atoms with Crippen molar-refractivity contribution in [2.45, 2.75) is 26.4 Å². The van der Waals surface area contributed by atoms with Gasteiger partial charge in [0.2, 0.25) is 5.82 Å². The first-order valence-corrected chi connectivity index (χ1v) is 10.4. The highest BCUT2D eigenvalue weighted by Crippen LogP contribution is 2.20. The summed E-state index contributed by atoms with van der Waals surface area (Å²) in [5, 5.41) is 22.1. The topological polar surface area (TPSA) is 71.5 Å². The predicted octanol–water partition coefficient (Wildman–Crippen LogP) is 1.67. The fourth-order valence-electron chi connectivity index (χ4n) is 4.29. The largest absolute Gasteiger partial charge is 0.508 e. The molecule has 158 valence electrons. The molecule has 0 aliphatic carbocycles. The molecular weight excluding hydrogens is 383 g/mol. The summed E-state index contributed by atoms with van der Waals surface area (Å²) in [6.07, 6.45) is 0. The second kappa shape index (κ2) is 8.79. The molecule has 0 spiro atoms. The van der Waals surface area contributed by atoms with Crippen LogP contribution in [0.2, 0.25) is 0 Å². The van der Waals surface area contributed by atoms with Gasteiger partial charge in [0.1, 0.15) is 11.6 Å². The Bertz CT molecular complexity index is 949. The number of hydrogen-bond acceptors (Lipinski definition) is 5. The van der Waals surface area contributed by atoms with Crippen molar-refractivity contribution in [3.63, 3.8) is 0 Å². The summed E-state index contributed by atoms with van der Waals surface area (Å²) in [5.41, 5.74) is 2.11. The van der Waals surface area contributed by atoms with Gasteiger partial charge in [0.25, 0.3) is 0 Å². The van der Waals surface area contributed by atoms with Crippen LogP contribution >= 0.6 is 0 Å². The van der Waals surface area contributed by atoms with E-state index in [0.717, 1.165) is 43.3 Å². The molecule has 4 rings (SSSR count). The first-order chi connectivity index (χ1) is 14.5. The van der Waals surface area contributed by atoms with E-state index in [9.17, 15) is 9.50 Å². The van der Waals surface area contributed by atoms with E-state index in [-0.39, 0.29) is 17.6 Å². The second-order valence-electron chi connectivity index (χ2n) is 8.20. The van der Waals surface area contributed by atoms with Crippen molar-refractivity contribution in [2.24, 2.45) is 5.92 Å². The molecule has 2 heterocycles. The maximum atomic E-state index is 13.2. The van der Waals surface area contributed by atoms with E-state index in [1.807, 2.05) is 16.8 Å². The Kier molecular flexibility index (Phi) is 5.94. The van der Waals surface area contributed by atoms with Crippen LogP contribution in [0.15, 0.2) is 48.5 Å². The van der Waals surface area contributed by atoms with Crippen LogP contribution in [-0.2, 0) is 6.54 Å². The number of anilines is 1. The quantitative estimate of drug-likeness (QED) is 0.646. The van der Waals surface area contributed by atoms with Gasteiger partial charge in [-0.15, -0.1) is 5.10 Å². The lowest BCUT2D eigenvalue weighted by atomic mass is 10.0. The Morgan fingerprint density at radius 2 is 1.70 bits per heavy atom. The Morgan fingerprint density at radius 1 is 1.03 bits per heavy atom. The molecule has 1 saturated heterocycles. The molecule has 1 aromatic heterocycles. The number of benzene rings is 2. The third kappa shape index (κ3) is 4.43. The maximum Gasteiger partial charge on any atom is 0.209 e. The lowest BCUT2D eigenvalue weighted by Crippen LogP contribution is -3.15. The number of phenols is 1. The van der Waals surface area contributed by atoms with Crippen molar-refractivity contribution in [3.8, 4) is 5.75 Å². The summed E-state index contributed by atoms with van der Waals surface area (Å²) in [6, 6.07) is 14.0. The molecule has 2 N–H and O–H groups in total. The summed E-state index contributed by atoms with van der Waals surface area (Å²) < 4.78 is 15.1. The molecule has 1 aliphatic heterocycles. The van der Waals surface area contributed by atoms with E-state index in [0.29, 0.717) is 12.5 Å². The van der Waals surface area contributed by atoms with E-state index in [1.54, 1.807) is 24.3 Å². The van der Waals surface area contributed by atoms with Crippen molar-refractivity contribution in [1.29, 1.82) is 0 Å². The van der Waals surface area contributed by atoms with E-state index < -0.39 is 0 Å². The zero-order valence-corrected chi connectivity index (χ0v) is 17.4. The number of tetrazole rings is 1. The van der Waals surface area contributed by atoms with E-state index >= 15 is 0 Å². The number of nitrogens with one attached hydrogen (secondary N) is 1. The first-order valence-electron chi connectivity index (χ1n) is 10.4. The number of aromatic nitrogens is 4. The van der Waals surface area contributed by atoms with Crippen LogP contribution in [0.5, 0.6) is 5.75 Å². The van der Waals surface area contributed by atoms with Crippen LogP contribution < -0.4 is 9.80 Å². The molecule has 0 radical (unpaired) electrons. The fraction of sp³-hybridized carbons (Fsp3) is 0.409. The van der Waals surface area contributed by atoms with Crippen molar-refractivity contribution < 1.29 is 14.4 Å². The van der Waals surface area contributed by atoms with Gasteiger partial charge in [0.15, 0.2) is 6.04 Å². The Labute approximate surface area is 175 Å². The smallest absolute Gasteiger partial charge is 0.209 e. The number of aromatic hydroxyl groups is 1. The van der Waals surface area contributed by atoms with E-state index in [1.165, 1.54) is 17.0 Å². The molecule has 3 aromatic rings. The Balaban J connectivity index is 1.48. The molecule has 1 fully saturated rings. The first kappa shape index (κ1) is 20.3. The van der Waals surface area contributed by atoms with Gasteiger partial charge in [-0.1, -0.05) is 26.0 Å². The van der Waals surface area contributed by atoms with Crippen LogP contribution in [0, 0.1) is 11.7 Å². The van der Waals surface area contributed by atoms with Gasteiger partial charge in [0, 0.05) is 11.6 Å².